The number of aromatic nitrogens is 1. The number of piperidine rings is 1. The average molecular weight is 290 g/mol. The zero-order chi connectivity index (χ0) is 15.1. The smallest absolute Gasteiger partial charge is 0.253 e. The Morgan fingerprint density at radius 1 is 1.33 bits per heavy atom. The van der Waals surface area contributed by atoms with E-state index in [-0.39, 0.29) is 17.7 Å². The molecule has 1 aliphatic heterocycles. The highest BCUT2D eigenvalue weighted by Gasteiger charge is 2.28. The quantitative estimate of drug-likeness (QED) is 0.763. The number of likely N-dealkylation sites (N-methyl/N-ethyl adjacent to an activating group) is 1. The Labute approximate surface area is 124 Å². The van der Waals surface area contributed by atoms with E-state index in [4.69, 9.17) is 0 Å². The summed E-state index contributed by atoms with van der Waals surface area (Å²) in [5.41, 5.74) is 0.626. The lowest BCUT2D eigenvalue weighted by Gasteiger charge is -2.32. The Morgan fingerprint density at radius 2 is 2.10 bits per heavy atom. The number of hydrogen-bond acceptors (Lipinski definition) is 4. The maximum Gasteiger partial charge on any atom is 0.253 e. The Bertz CT molecular complexity index is 478. The zero-order valence-electron chi connectivity index (χ0n) is 12.3. The molecule has 2 amide bonds. The van der Waals surface area contributed by atoms with Gasteiger partial charge in [0.25, 0.3) is 5.91 Å². The molecule has 1 unspecified atom stereocenters. The third-order valence-electron chi connectivity index (χ3n) is 3.68. The number of carbonyl (C=O) groups is 2. The highest BCUT2D eigenvalue weighted by molar-refractivity contribution is 5.94. The van der Waals surface area contributed by atoms with E-state index in [1.165, 1.54) is 0 Å². The summed E-state index contributed by atoms with van der Waals surface area (Å²) in [5, 5.41) is 5.89. The van der Waals surface area contributed by atoms with Gasteiger partial charge >= 0.3 is 0 Å². The number of rotatable bonds is 5. The Kier molecular flexibility index (Phi) is 5.68. The molecule has 1 aliphatic rings. The van der Waals surface area contributed by atoms with E-state index >= 15 is 0 Å². The molecule has 1 saturated heterocycles. The first-order valence-corrected chi connectivity index (χ1v) is 7.34. The third-order valence-corrected chi connectivity index (χ3v) is 3.68. The van der Waals surface area contributed by atoms with Crippen LogP contribution < -0.4 is 10.6 Å². The van der Waals surface area contributed by atoms with E-state index in [1.807, 2.05) is 7.05 Å². The minimum absolute atomic E-state index is 0.0230. The van der Waals surface area contributed by atoms with Crippen molar-refractivity contribution in [2.75, 3.05) is 33.2 Å². The van der Waals surface area contributed by atoms with Crippen LogP contribution >= 0.6 is 0 Å². The van der Waals surface area contributed by atoms with E-state index in [9.17, 15) is 9.59 Å². The number of nitrogens with one attached hydrogen (secondary N) is 2. The fraction of sp³-hybridized carbons (Fsp3) is 0.533. The van der Waals surface area contributed by atoms with Gasteiger partial charge in [-0.05, 0) is 32.0 Å². The summed E-state index contributed by atoms with van der Waals surface area (Å²) in [6, 6.07) is 3.41. The van der Waals surface area contributed by atoms with Gasteiger partial charge < -0.3 is 15.5 Å². The van der Waals surface area contributed by atoms with E-state index in [0.717, 1.165) is 19.4 Å². The number of amides is 2. The fourth-order valence-corrected chi connectivity index (χ4v) is 2.51. The average Bonchev–Trinajstić information content (AvgIpc) is 2.55. The van der Waals surface area contributed by atoms with Gasteiger partial charge in [0.2, 0.25) is 5.91 Å². The van der Waals surface area contributed by atoms with Crippen molar-refractivity contribution in [1.29, 1.82) is 0 Å². The van der Waals surface area contributed by atoms with Crippen LogP contribution in [0, 0.1) is 5.92 Å². The molecule has 21 heavy (non-hydrogen) atoms. The molecule has 6 heteroatoms. The monoisotopic (exact) mass is 290 g/mol. The van der Waals surface area contributed by atoms with Gasteiger partial charge in [-0.15, -0.1) is 0 Å². The molecule has 0 saturated carbocycles. The highest BCUT2D eigenvalue weighted by atomic mass is 16.2. The van der Waals surface area contributed by atoms with Crippen LogP contribution in [0.25, 0.3) is 0 Å². The Hall–Kier alpha value is -1.95. The standard InChI is InChI=1S/C15H22N4O2/c1-16-8-9-18-14(20)13-3-2-10-19(11-13)15(21)12-4-6-17-7-5-12/h4-7,13,16H,2-3,8-11H2,1H3,(H,18,20). The second-order valence-electron chi connectivity index (χ2n) is 5.22. The first-order chi connectivity index (χ1) is 10.2. The largest absolute Gasteiger partial charge is 0.355 e. The summed E-state index contributed by atoms with van der Waals surface area (Å²) >= 11 is 0. The maximum atomic E-state index is 12.4. The molecule has 2 N–H and O–H groups in total. The molecule has 0 aliphatic carbocycles. The summed E-state index contributed by atoms with van der Waals surface area (Å²) in [6.07, 6.45) is 4.92. The van der Waals surface area contributed by atoms with Crippen molar-refractivity contribution in [3.05, 3.63) is 30.1 Å². The number of carbonyl (C=O) groups excluding carboxylic acids is 2. The van der Waals surface area contributed by atoms with Crippen LogP contribution in [0.5, 0.6) is 0 Å². The molecule has 0 bridgehead atoms. The second kappa shape index (κ2) is 7.73. The van der Waals surface area contributed by atoms with E-state index in [2.05, 4.69) is 15.6 Å². The molecular weight excluding hydrogens is 268 g/mol. The van der Waals surface area contributed by atoms with Crippen molar-refractivity contribution in [1.82, 2.24) is 20.5 Å². The summed E-state index contributed by atoms with van der Waals surface area (Å²) < 4.78 is 0. The van der Waals surface area contributed by atoms with Gasteiger partial charge in [-0.2, -0.15) is 0 Å². The molecule has 1 aromatic rings. The molecule has 0 spiro atoms. The van der Waals surface area contributed by atoms with Crippen LogP contribution in [0.3, 0.4) is 0 Å². The van der Waals surface area contributed by atoms with Crippen LogP contribution in [0.4, 0.5) is 0 Å². The predicted octanol–water partition coefficient (Wildman–Crippen LogP) is 0.269. The normalized spacial score (nSPS) is 18.3. The summed E-state index contributed by atoms with van der Waals surface area (Å²) in [4.78, 5) is 30.2. The molecule has 1 aromatic heterocycles. The lowest BCUT2D eigenvalue weighted by atomic mass is 9.96. The number of nitrogens with zero attached hydrogens (tertiary/aromatic N) is 2. The second-order valence-corrected chi connectivity index (χ2v) is 5.22. The molecule has 1 atom stereocenters. The van der Waals surface area contributed by atoms with Crippen LogP contribution in [-0.4, -0.2) is 54.9 Å². The lowest BCUT2D eigenvalue weighted by molar-refractivity contribution is -0.126. The van der Waals surface area contributed by atoms with Crippen LogP contribution in [0.1, 0.15) is 23.2 Å². The molecule has 6 nitrogen and oxygen atoms in total. The van der Waals surface area contributed by atoms with Crippen molar-refractivity contribution in [3.8, 4) is 0 Å². The maximum absolute atomic E-state index is 12.4. The molecule has 2 heterocycles. The third kappa shape index (κ3) is 4.26. The van der Waals surface area contributed by atoms with Gasteiger partial charge in [-0.3, -0.25) is 14.6 Å². The van der Waals surface area contributed by atoms with Gasteiger partial charge in [-0.1, -0.05) is 0 Å². The van der Waals surface area contributed by atoms with Gasteiger partial charge in [0.15, 0.2) is 0 Å². The first kappa shape index (κ1) is 15.4. The molecule has 2 rings (SSSR count). The van der Waals surface area contributed by atoms with E-state index in [0.29, 0.717) is 25.2 Å². The minimum atomic E-state index is -0.110. The Balaban J connectivity index is 1.91. The first-order valence-electron chi connectivity index (χ1n) is 7.34. The van der Waals surface area contributed by atoms with Gasteiger partial charge in [0, 0.05) is 44.1 Å². The summed E-state index contributed by atoms with van der Waals surface area (Å²) in [5.74, 6) is -0.0935. The van der Waals surface area contributed by atoms with Crippen molar-refractivity contribution in [2.45, 2.75) is 12.8 Å². The summed E-state index contributed by atoms with van der Waals surface area (Å²) in [7, 11) is 1.85. The number of pyridine rings is 1. The van der Waals surface area contributed by atoms with Crippen molar-refractivity contribution in [2.24, 2.45) is 5.92 Å². The van der Waals surface area contributed by atoms with Crippen molar-refractivity contribution >= 4 is 11.8 Å². The van der Waals surface area contributed by atoms with Crippen LogP contribution in [0.2, 0.25) is 0 Å². The van der Waals surface area contributed by atoms with Crippen molar-refractivity contribution in [3.63, 3.8) is 0 Å². The molecular formula is C15H22N4O2. The van der Waals surface area contributed by atoms with Gasteiger partial charge in [0.05, 0.1) is 5.92 Å². The molecule has 0 radical (unpaired) electrons. The molecule has 114 valence electrons. The number of likely N-dealkylation sites (tertiary alicyclic amines) is 1. The Morgan fingerprint density at radius 3 is 2.81 bits per heavy atom. The van der Waals surface area contributed by atoms with Crippen LogP contribution in [-0.2, 0) is 4.79 Å². The SMILES string of the molecule is CNCCNC(=O)C1CCCN(C(=O)c2ccncc2)C1. The fourth-order valence-electron chi connectivity index (χ4n) is 2.51. The highest BCUT2D eigenvalue weighted by Crippen LogP contribution is 2.18. The zero-order valence-corrected chi connectivity index (χ0v) is 12.3. The predicted molar refractivity (Wildman–Crippen MR) is 79.8 cm³/mol. The van der Waals surface area contributed by atoms with E-state index < -0.39 is 0 Å². The van der Waals surface area contributed by atoms with Crippen LogP contribution in [0.15, 0.2) is 24.5 Å². The summed E-state index contributed by atoms with van der Waals surface area (Å²) in [6.45, 7) is 2.57. The molecule has 1 fully saturated rings. The lowest BCUT2D eigenvalue weighted by Crippen LogP contribution is -2.46. The van der Waals surface area contributed by atoms with Gasteiger partial charge in [0.1, 0.15) is 0 Å². The topological polar surface area (TPSA) is 74.3 Å². The van der Waals surface area contributed by atoms with Gasteiger partial charge in [-0.25, -0.2) is 0 Å². The number of hydrogen-bond donors (Lipinski definition) is 2. The molecule has 0 aromatic carbocycles. The van der Waals surface area contributed by atoms with Crippen molar-refractivity contribution < 1.29 is 9.59 Å². The minimum Gasteiger partial charge on any atom is -0.355 e. The van der Waals surface area contributed by atoms with E-state index in [1.54, 1.807) is 29.4 Å².